The molecule has 1 saturated heterocycles. The van der Waals surface area contributed by atoms with Crippen molar-refractivity contribution in [2.45, 2.75) is 33.2 Å². The predicted octanol–water partition coefficient (Wildman–Crippen LogP) is 3.58. The summed E-state index contributed by atoms with van der Waals surface area (Å²) >= 11 is 0. The Balaban J connectivity index is 1.43. The first-order valence-electron chi connectivity index (χ1n) is 9.21. The number of aryl methyl sites for hydroxylation is 3. The Morgan fingerprint density at radius 3 is 2.28 bits per heavy atom. The van der Waals surface area contributed by atoms with E-state index >= 15 is 0 Å². The van der Waals surface area contributed by atoms with Crippen LogP contribution < -0.4 is 0 Å². The van der Waals surface area contributed by atoms with Crippen LogP contribution in [0.2, 0.25) is 0 Å². The average Bonchev–Trinajstić information content (AvgIpc) is 2.62. The van der Waals surface area contributed by atoms with Gasteiger partial charge in [0.05, 0.1) is 0 Å². The zero-order valence-electron chi connectivity index (χ0n) is 15.4. The van der Waals surface area contributed by atoms with Crippen LogP contribution in [0.3, 0.4) is 0 Å². The number of benzene rings is 2. The van der Waals surface area contributed by atoms with Crippen molar-refractivity contribution < 1.29 is 4.79 Å². The molecule has 0 aliphatic carbocycles. The van der Waals surface area contributed by atoms with Crippen LogP contribution in [0.25, 0.3) is 0 Å². The second-order valence-corrected chi connectivity index (χ2v) is 7.13. The first-order chi connectivity index (χ1) is 12.1. The van der Waals surface area contributed by atoms with Crippen molar-refractivity contribution in [3.63, 3.8) is 0 Å². The van der Waals surface area contributed by atoms with Gasteiger partial charge in [0.15, 0.2) is 0 Å². The molecule has 3 rings (SSSR count). The lowest BCUT2D eigenvalue weighted by Gasteiger charge is -2.35. The predicted molar refractivity (Wildman–Crippen MR) is 103 cm³/mol. The Kier molecular flexibility index (Phi) is 5.87. The number of hydrogen-bond acceptors (Lipinski definition) is 2. The average molecular weight is 336 g/mol. The topological polar surface area (TPSA) is 23.6 Å². The molecule has 1 aliphatic heterocycles. The van der Waals surface area contributed by atoms with E-state index in [2.05, 4.69) is 67.3 Å². The van der Waals surface area contributed by atoms with Crippen molar-refractivity contribution in [3.05, 3.63) is 70.8 Å². The van der Waals surface area contributed by atoms with E-state index in [1.807, 2.05) is 4.90 Å². The van der Waals surface area contributed by atoms with Gasteiger partial charge in [-0.15, -0.1) is 0 Å². The standard InChI is InChI=1S/C22H28N2O/c1-18-6-8-20(9-7-18)10-11-22(25)24-14-12-23(13-15-24)17-21-5-3-4-19(2)16-21/h3-9,16H,10-15,17H2,1-2H3. The normalized spacial score (nSPS) is 15.4. The third kappa shape index (κ3) is 5.17. The molecule has 0 spiro atoms. The van der Waals surface area contributed by atoms with Crippen molar-refractivity contribution in [3.8, 4) is 0 Å². The number of carbonyl (C=O) groups excluding carboxylic acids is 1. The maximum absolute atomic E-state index is 12.5. The van der Waals surface area contributed by atoms with Gasteiger partial charge < -0.3 is 4.90 Å². The van der Waals surface area contributed by atoms with Crippen molar-refractivity contribution >= 4 is 5.91 Å². The van der Waals surface area contributed by atoms with Gasteiger partial charge in [-0.05, 0) is 31.4 Å². The van der Waals surface area contributed by atoms with Crippen molar-refractivity contribution in [2.24, 2.45) is 0 Å². The number of hydrogen-bond donors (Lipinski definition) is 0. The minimum absolute atomic E-state index is 0.288. The number of amides is 1. The minimum atomic E-state index is 0.288. The van der Waals surface area contributed by atoms with Crippen LogP contribution in [0, 0.1) is 13.8 Å². The molecule has 3 nitrogen and oxygen atoms in total. The maximum atomic E-state index is 12.5. The summed E-state index contributed by atoms with van der Waals surface area (Å²) in [6.07, 6.45) is 1.45. The molecule has 1 aliphatic rings. The zero-order valence-corrected chi connectivity index (χ0v) is 15.4. The van der Waals surface area contributed by atoms with Gasteiger partial charge in [-0.25, -0.2) is 0 Å². The van der Waals surface area contributed by atoms with Crippen LogP contribution in [0.4, 0.5) is 0 Å². The quantitative estimate of drug-likeness (QED) is 0.833. The maximum Gasteiger partial charge on any atom is 0.222 e. The fourth-order valence-electron chi connectivity index (χ4n) is 3.39. The summed E-state index contributed by atoms with van der Waals surface area (Å²) in [6, 6.07) is 17.2. The van der Waals surface area contributed by atoms with Crippen LogP contribution in [0.5, 0.6) is 0 Å². The second-order valence-electron chi connectivity index (χ2n) is 7.13. The molecule has 0 unspecified atom stereocenters. The van der Waals surface area contributed by atoms with Gasteiger partial charge in [-0.3, -0.25) is 9.69 Å². The summed E-state index contributed by atoms with van der Waals surface area (Å²) in [5, 5.41) is 0. The first kappa shape index (κ1) is 17.7. The number of rotatable bonds is 5. The third-order valence-corrected chi connectivity index (χ3v) is 4.96. The highest BCUT2D eigenvalue weighted by molar-refractivity contribution is 5.76. The Morgan fingerprint density at radius 2 is 1.60 bits per heavy atom. The van der Waals surface area contributed by atoms with Gasteiger partial charge in [0.25, 0.3) is 0 Å². The number of nitrogens with zero attached hydrogens (tertiary/aromatic N) is 2. The first-order valence-corrected chi connectivity index (χ1v) is 9.21. The zero-order chi connectivity index (χ0) is 17.6. The molecule has 0 saturated carbocycles. The van der Waals surface area contributed by atoms with Gasteiger partial charge in [0.2, 0.25) is 5.91 Å². The van der Waals surface area contributed by atoms with Crippen molar-refractivity contribution in [1.29, 1.82) is 0 Å². The highest BCUT2D eigenvalue weighted by Crippen LogP contribution is 2.12. The third-order valence-electron chi connectivity index (χ3n) is 4.96. The van der Waals surface area contributed by atoms with Gasteiger partial charge >= 0.3 is 0 Å². The van der Waals surface area contributed by atoms with E-state index in [0.717, 1.165) is 39.1 Å². The molecule has 0 bridgehead atoms. The minimum Gasteiger partial charge on any atom is -0.340 e. The lowest BCUT2D eigenvalue weighted by Crippen LogP contribution is -2.48. The molecule has 0 radical (unpaired) electrons. The highest BCUT2D eigenvalue weighted by atomic mass is 16.2. The van der Waals surface area contributed by atoms with Crippen LogP contribution in [-0.4, -0.2) is 41.9 Å². The fourth-order valence-corrected chi connectivity index (χ4v) is 3.39. The molecule has 132 valence electrons. The van der Waals surface area contributed by atoms with E-state index in [9.17, 15) is 4.79 Å². The van der Waals surface area contributed by atoms with Crippen LogP contribution in [0.1, 0.15) is 28.7 Å². The number of piperazine rings is 1. The summed E-state index contributed by atoms with van der Waals surface area (Å²) < 4.78 is 0. The second kappa shape index (κ2) is 8.30. The fraction of sp³-hybridized carbons (Fsp3) is 0.409. The van der Waals surface area contributed by atoms with E-state index in [0.29, 0.717) is 6.42 Å². The summed E-state index contributed by atoms with van der Waals surface area (Å²) in [5.74, 6) is 0.288. The summed E-state index contributed by atoms with van der Waals surface area (Å²) in [7, 11) is 0. The molecule has 1 amide bonds. The van der Waals surface area contributed by atoms with Crippen LogP contribution in [0.15, 0.2) is 48.5 Å². The molecule has 0 N–H and O–H groups in total. The van der Waals surface area contributed by atoms with Crippen LogP contribution in [-0.2, 0) is 17.8 Å². The Hall–Kier alpha value is -2.13. The van der Waals surface area contributed by atoms with E-state index in [4.69, 9.17) is 0 Å². The lowest BCUT2D eigenvalue weighted by molar-refractivity contribution is -0.133. The van der Waals surface area contributed by atoms with Crippen LogP contribution >= 0.6 is 0 Å². The van der Waals surface area contributed by atoms with E-state index in [1.54, 1.807) is 0 Å². The van der Waals surface area contributed by atoms with Crippen molar-refractivity contribution in [1.82, 2.24) is 9.80 Å². The van der Waals surface area contributed by atoms with Gasteiger partial charge in [0, 0.05) is 39.1 Å². The number of carbonyl (C=O) groups is 1. The Morgan fingerprint density at radius 1 is 0.880 bits per heavy atom. The molecular weight excluding hydrogens is 308 g/mol. The Labute approximate surface area is 151 Å². The van der Waals surface area contributed by atoms with Gasteiger partial charge in [-0.2, -0.15) is 0 Å². The smallest absolute Gasteiger partial charge is 0.222 e. The molecule has 1 fully saturated rings. The van der Waals surface area contributed by atoms with E-state index < -0.39 is 0 Å². The van der Waals surface area contributed by atoms with Gasteiger partial charge in [0.1, 0.15) is 0 Å². The molecule has 2 aromatic carbocycles. The molecular formula is C22H28N2O. The molecule has 2 aromatic rings. The molecule has 1 heterocycles. The highest BCUT2D eigenvalue weighted by Gasteiger charge is 2.20. The molecule has 0 atom stereocenters. The molecule has 25 heavy (non-hydrogen) atoms. The Bertz CT molecular complexity index is 700. The summed E-state index contributed by atoms with van der Waals surface area (Å²) in [5.41, 5.74) is 5.18. The summed E-state index contributed by atoms with van der Waals surface area (Å²) in [4.78, 5) is 16.9. The van der Waals surface area contributed by atoms with Gasteiger partial charge in [-0.1, -0.05) is 59.7 Å². The lowest BCUT2D eigenvalue weighted by atomic mass is 10.1. The summed E-state index contributed by atoms with van der Waals surface area (Å²) in [6.45, 7) is 8.82. The monoisotopic (exact) mass is 336 g/mol. The molecule has 3 heteroatoms. The van der Waals surface area contributed by atoms with E-state index in [1.165, 1.54) is 22.3 Å². The van der Waals surface area contributed by atoms with E-state index in [-0.39, 0.29) is 5.91 Å². The SMILES string of the molecule is Cc1ccc(CCC(=O)N2CCN(Cc3cccc(C)c3)CC2)cc1. The largest absolute Gasteiger partial charge is 0.340 e. The van der Waals surface area contributed by atoms with Crippen molar-refractivity contribution in [2.75, 3.05) is 26.2 Å². The molecule has 0 aromatic heterocycles.